The number of allylic oxidation sites excluding steroid dienone is 7. The van der Waals surface area contributed by atoms with Crippen LogP contribution in [0.15, 0.2) is 52.2 Å². The van der Waals surface area contributed by atoms with Crippen molar-refractivity contribution in [3.05, 3.63) is 47.2 Å². The quantitative estimate of drug-likeness (QED) is 0.773. The molecule has 1 aliphatic heterocycles. The molecule has 0 fully saturated rings. The number of rotatable bonds is 5. The van der Waals surface area contributed by atoms with E-state index in [0.717, 1.165) is 42.8 Å². The third kappa shape index (κ3) is 2.21. The minimum atomic E-state index is -0.479. The fourth-order valence-electron chi connectivity index (χ4n) is 5.13. The highest BCUT2D eigenvalue weighted by Crippen LogP contribution is 2.67. The van der Waals surface area contributed by atoms with Gasteiger partial charge in [-0.05, 0) is 38.3 Å². The van der Waals surface area contributed by atoms with Crippen LogP contribution >= 0.6 is 0 Å². The van der Waals surface area contributed by atoms with Crippen LogP contribution in [0.4, 0.5) is 0 Å². The zero-order chi connectivity index (χ0) is 18.5. The number of aliphatic imine (C=N–C) groups is 1. The first-order valence-electron chi connectivity index (χ1n) is 9.58. The lowest BCUT2D eigenvalue weighted by atomic mass is 9.54. The van der Waals surface area contributed by atoms with Crippen LogP contribution in [0.1, 0.15) is 46.5 Å². The summed E-state index contributed by atoms with van der Waals surface area (Å²) in [6.07, 6.45) is 13.2. The largest absolute Gasteiger partial charge is 0.314 e. The molecular weight excluding hydrogens is 324 g/mol. The van der Waals surface area contributed by atoms with Gasteiger partial charge in [0.25, 0.3) is 0 Å². The van der Waals surface area contributed by atoms with Gasteiger partial charge in [-0.3, -0.25) is 14.6 Å². The molecule has 4 rings (SSSR count). The molecule has 4 heteroatoms. The molecule has 1 N–H and O–H groups in total. The van der Waals surface area contributed by atoms with Crippen molar-refractivity contribution in [2.75, 3.05) is 6.54 Å². The minimum Gasteiger partial charge on any atom is -0.314 e. The number of carbonyl (C=O) groups is 2. The van der Waals surface area contributed by atoms with Gasteiger partial charge in [0.2, 0.25) is 0 Å². The minimum absolute atomic E-state index is 0.0948. The van der Waals surface area contributed by atoms with Crippen molar-refractivity contribution in [1.82, 2.24) is 5.32 Å². The van der Waals surface area contributed by atoms with Crippen LogP contribution < -0.4 is 5.32 Å². The Kier molecular flexibility index (Phi) is 3.99. The molecule has 1 heterocycles. The Bertz CT molecular complexity index is 840. The van der Waals surface area contributed by atoms with Crippen molar-refractivity contribution < 1.29 is 9.59 Å². The van der Waals surface area contributed by atoms with Gasteiger partial charge in [-0.15, -0.1) is 0 Å². The molecule has 2 atom stereocenters. The standard InChI is InChI=1S/C22H26N2O2/c1-14(2)23-12-8-16-5-6-18(15(3)25)22-10-4-9-21(22)11-7-17(26)13-19(21)24-20(16)22/h4-6,10,13-14,23H,7-9,11-12H2,1-3H3. The van der Waals surface area contributed by atoms with Gasteiger partial charge >= 0.3 is 0 Å². The smallest absolute Gasteiger partial charge is 0.157 e. The van der Waals surface area contributed by atoms with Crippen molar-refractivity contribution in [2.24, 2.45) is 15.8 Å². The highest BCUT2D eigenvalue weighted by molar-refractivity contribution is 6.18. The molecule has 2 unspecified atom stereocenters. The fraction of sp³-hybridized carbons (Fsp3) is 0.500. The number of nitrogens with one attached hydrogen (secondary N) is 1. The van der Waals surface area contributed by atoms with Crippen LogP contribution in [0, 0.1) is 10.8 Å². The highest BCUT2D eigenvalue weighted by Gasteiger charge is 2.64. The second-order valence-corrected chi connectivity index (χ2v) is 8.14. The molecule has 26 heavy (non-hydrogen) atoms. The molecule has 0 saturated heterocycles. The van der Waals surface area contributed by atoms with Gasteiger partial charge in [0.1, 0.15) is 0 Å². The molecule has 0 aromatic rings. The van der Waals surface area contributed by atoms with E-state index in [-0.39, 0.29) is 17.0 Å². The normalized spacial score (nSPS) is 31.8. The number of hydrogen-bond donors (Lipinski definition) is 1. The first-order chi connectivity index (χ1) is 12.4. The molecular formula is C22H26N2O2. The Hall–Kier alpha value is -2.07. The van der Waals surface area contributed by atoms with Crippen LogP contribution in [0.2, 0.25) is 0 Å². The Labute approximate surface area is 154 Å². The van der Waals surface area contributed by atoms with E-state index in [9.17, 15) is 9.59 Å². The fourth-order valence-corrected chi connectivity index (χ4v) is 5.13. The predicted molar refractivity (Wildman–Crippen MR) is 103 cm³/mol. The van der Waals surface area contributed by atoms with Gasteiger partial charge in [0, 0.05) is 29.5 Å². The molecule has 0 amide bonds. The number of Topliss-reactive ketones (excluding diaryl/α,β-unsaturated/α-hetero) is 1. The van der Waals surface area contributed by atoms with Gasteiger partial charge < -0.3 is 5.32 Å². The maximum absolute atomic E-state index is 12.5. The predicted octanol–water partition coefficient (Wildman–Crippen LogP) is 3.46. The third-order valence-electron chi connectivity index (χ3n) is 6.29. The Balaban J connectivity index is 1.82. The molecule has 3 aliphatic carbocycles. The van der Waals surface area contributed by atoms with Crippen LogP contribution in [-0.2, 0) is 9.59 Å². The molecule has 0 radical (unpaired) electrons. The van der Waals surface area contributed by atoms with E-state index in [1.807, 2.05) is 6.08 Å². The summed E-state index contributed by atoms with van der Waals surface area (Å²) in [5, 5.41) is 3.46. The molecule has 136 valence electrons. The van der Waals surface area contributed by atoms with E-state index in [0.29, 0.717) is 12.5 Å². The zero-order valence-corrected chi connectivity index (χ0v) is 15.8. The number of carbonyl (C=O) groups excluding carboxylic acids is 2. The first-order valence-corrected chi connectivity index (χ1v) is 9.58. The summed E-state index contributed by atoms with van der Waals surface area (Å²) in [6.45, 7) is 6.79. The van der Waals surface area contributed by atoms with Crippen LogP contribution in [0.25, 0.3) is 0 Å². The lowest BCUT2D eigenvalue weighted by Crippen LogP contribution is -2.46. The second kappa shape index (κ2) is 5.98. The summed E-state index contributed by atoms with van der Waals surface area (Å²) < 4.78 is 0. The van der Waals surface area contributed by atoms with E-state index < -0.39 is 5.41 Å². The molecule has 4 aliphatic rings. The van der Waals surface area contributed by atoms with Crippen molar-refractivity contribution in [1.29, 1.82) is 0 Å². The van der Waals surface area contributed by atoms with E-state index in [2.05, 4.69) is 37.4 Å². The van der Waals surface area contributed by atoms with Crippen LogP contribution in [0.5, 0.6) is 0 Å². The van der Waals surface area contributed by atoms with Gasteiger partial charge in [-0.1, -0.05) is 38.2 Å². The highest BCUT2D eigenvalue weighted by atomic mass is 16.1. The first kappa shape index (κ1) is 17.3. The summed E-state index contributed by atoms with van der Waals surface area (Å²) >= 11 is 0. The SMILES string of the molecule is CC(=O)C1=CC=C(CCNC(C)C)C2=NC3=CC(=O)CCC34CC=CC124. The summed E-state index contributed by atoms with van der Waals surface area (Å²) in [6, 6.07) is 0.433. The molecule has 4 nitrogen and oxygen atoms in total. The monoisotopic (exact) mass is 350 g/mol. The van der Waals surface area contributed by atoms with E-state index in [4.69, 9.17) is 4.99 Å². The van der Waals surface area contributed by atoms with Crippen molar-refractivity contribution in [3.8, 4) is 0 Å². The lowest BCUT2D eigenvalue weighted by molar-refractivity contribution is -0.116. The Morgan fingerprint density at radius 2 is 2.15 bits per heavy atom. The topological polar surface area (TPSA) is 58.5 Å². The van der Waals surface area contributed by atoms with Gasteiger partial charge in [-0.2, -0.15) is 0 Å². The van der Waals surface area contributed by atoms with Crippen molar-refractivity contribution >= 4 is 17.3 Å². The van der Waals surface area contributed by atoms with E-state index >= 15 is 0 Å². The Morgan fingerprint density at radius 3 is 2.88 bits per heavy atom. The van der Waals surface area contributed by atoms with E-state index in [1.165, 1.54) is 5.57 Å². The average molecular weight is 350 g/mol. The molecule has 0 saturated carbocycles. The van der Waals surface area contributed by atoms with E-state index in [1.54, 1.807) is 13.0 Å². The average Bonchev–Trinajstić information content (AvgIpc) is 3.05. The van der Waals surface area contributed by atoms with Gasteiger partial charge in [0.15, 0.2) is 11.6 Å². The molecule has 0 bridgehead atoms. The molecule has 0 aromatic heterocycles. The molecule has 2 spiro atoms. The Morgan fingerprint density at radius 1 is 1.35 bits per heavy atom. The summed E-state index contributed by atoms with van der Waals surface area (Å²) in [4.78, 5) is 29.6. The number of hydrogen-bond acceptors (Lipinski definition) is 4. The zero-order valence-electron chi connectivity index (χ0n) is 15.8. The van der Waals surface area contributed by atoms with Crippen LogP contribution in [-0.4, -0.2) is 29.9 Å². The van der Waals surface area contributed by atoms with Gasteiger partial charge in [0.05, 0.1) is 16.8 Å². The maximum Gasteiger partial charge on any atom is 0.157 e. The number of ketones is 2. The maximum atomic E-state index is 12.5. The summed E-state index contributed by atoms with van der Waals surface area (Å²) in [5.41, 5.74) is 3.14. The van der Waals surface area contributed by atoms with Crippen molar-refractivity contribution in [2.45, 2.75) is 52.5 Å². The van der Waals surface area contributed by atoms with Crippen molar-refractivity contribution in [3.63, 3.8) is 0 Å². The van der Waals surface area contributed by atoms with Crippen LogP contribution in [0.3, 0.4) is 0 Å². The lowest BCUT2D eigenvalue weighted by Gasteiger charge is -2.45. The summed E-state index contributed by atoms with van der Waals surface area (Å²) in [5.74, 6) is 0.244. The second-order valence-electron chi connectivity index (χ2n) is 8.14. The van der Waals surface area contributed by atoms with Gasteiger partial charge in [-0.25, -0.2) is 0 Å². The number of nitrogens with zero attached hydrogens (tertiary/aromatic N) is 1. The third-order valence-corrected chi connectivity index (χ3v) is 6.29. The molecule has 0 aromatic carbocycles. The summed E-state index contributed by atoms with van der Waals surface area (Å²) in [7, 11) is 0.